The van der Waals surface area contributed by atoms with Gasteiger partial charge in [0.25, 0.3) is 12.4 Å². The number of imidazole rings is 1. The fraction of sp³-hybridized carbons (Fsp3) is 0.737. The molecule has 2 N–H and O–H groups in total. The molecule has 4 rings (SSSR count). The second kappa shape index (κ2) is 8.54. The number of nitrogens with one attached hydrogen (secondary N) is 1. The third-order valence-electron chi connectivity index (χ3n) is 6.40. The molecule has 3 saturated heterocycles. The van der Waals surface area contributed by atoms with Crippen LogP contribution < -0.4 is 5.32 Å². The van der Waals surface area contributed by atoms with E-state index < -0.39 is 12.6 Å². The van der Waals surface area contributed by atoms with Gasteiger partial charge < -0.3 is 19.7 Å². The lowest BCUT2D eigenvalue weighted by atomic mass is 9.73. The van der Waals surface area contributed by atoms with E-state index in [2.05, 4.69) is 10.3 Å². The summed E-state index contributed by atoms with van der Waals surface area (Å²) in [5.74, 6) is 0.154. The summed E-state index contributed by atoms with van der Waals surface area (Å²) < 4.78 is 45.6. The normalized spacial score (nSPS) is 30.0. The van der Waals surface area contributed by atoms with Gasteiger partial charge in [-0.25, -0.2) is 4.98 Å². The molecule has 1 spiro atoms. The van der Waals surface area contributed by atoms with Gasteiger partial charge in [-0.3, -0.25) is 14.5 Å². The molecular weight excluding hydrogens is 405 g/mol. The smallest absolute Gasteiger partial charge is 0.390 e. The summed E-state index contributed by atoms with van der Waals surface area (Å²) in [4.78, 5) is 26.9. The van der Waals surface area contributed by atoms with Crippen molar-refractivity contribution in [1.29, 1.82) is 0 Å². The predicted molar refractivity (Wildman–Crippen MR) is 99.9 cm³/mol. The van der Waals surface area contributed by atoms with Crippen molar-refractivity contribution in [1.82, 2.24) is 19.8 Å². The van der Waals surface area contributed by atoms with Crippen LogP contribution in [0.3, 0.4) is 0 Å². The molecule has 11 heteroatoms. The molecular formula is C19H27F3N4O4. The van der Waals surface area contributed by atoms with Crippen molar-refractivity contribution in [2.24, 2.45) is 18.9 Å². The van der Waals surface area contributed by atoms with Crippen LogP contribution in [0.15, 0.2) is 6.33 Å². The average molecular weight is 432 g/mol. The molecule has 3 fully saturated rings. The molecule has 0 aliphatic carbocycles. The maximum absolute atomic E-state index is 12.6. The standard InChI is InChI=1S/C18H25F3N4O2.CH2O2/c1-11-15(24(2)10-23-11)16(26)22-7-12-13-8-25(6-5-18(19,20)21)9-17(13)4-3-14(12)27-17;2-1-3/h10,12-14H,3-9H2,1-2H3,(H,22,26);1H,(H,2,3)/t12-,13+,14+,17+;/m0./s1. The Hall–Kier alpha value is -2.14. The molecule has 1 amide bonds. The van der Waals surface area contributed by atoms with Crippen molar-refractivity contribution < 1.29 is 32.6 Å². The van der Waals surface area contributed by atoms with Crippen LogP contribution >= 0.6 is 0 Å². The Balaban J connectivity index is 0.000000806. The summed E-state index contributed by atoms with van der Waals surface area (Å²) >= 11 is 0. The minimum absolute atomic E-state index is 0.0169. The Morgan fingerprint density at radius 1 is 1.50 bits per heavy atom. The summed E-state index contributed by atoms with van der Waals surface area (Å²) in [5, 5.41) is 9.88. The van der Waals surface area contributed by atoms with Crippen LogP contribution in [0, 0.1) is 18.8 Å². The molecule has 4 atom stereocenters. The number of likely N-dealkylation sites (tertiary alicyclic amines) is 1. The van der Waals surface area contributed by atoms with Gasteiger partial charge in [-0.2, -0.15) is 13.2 Å². The molecule has 0 saturated carbocycles. The number of hydrogen-bond donors (Lipinski definition) is 2. The zero-order valence-electron chi connectivity index (χ0n) is 17.0. The Kier molecular flexibility index (Phi) is 6.42. The lowest BCUT2D eigenvalue weighted by Gasteiger charge is -2.29. The molecule has 0 unspecified atom stereocenters. The number of aromatic nitrogens is 2. The molecule has 168 valence electrons. The maximum Gasteiger partial charge on any atom is 0.390 e. The SMILES string of the molecule is Cc1ncn(C)c1C(=O)NC[C@H]1[C@H]2CN(CCC(F)(F)F)C[C@]23CC[C@H]1O3.O=CO. The van der Waals surface area contributed by atoms with E-state index in [1.54, 1.807) is 24.9 Å². The van der Waals surface area contributed by atoms with Gasteiger partial charge >= 0.3 is 6.18 Å². The maximum atomic E-state index is 12.6. The van der Waals surface area contributed by atoms with Gasteiger partial charge in [0.15, 0.2) is 0 Å². The molecule has 1 aromatic rings. The number of halogens is 3. The average Bonchev–Trinajstić information content (AvgIpc) is 3.38. The molecule has 2 bridgehead atoms. The van der Waals surface area contributed by atoms with Crippen molar-refractivity contribution >= 4 is 12.4 Å². The minimum Gasteiger partial charge on any atom is -0.483 e. The summed E-state index contributed by atoms with van der Waals surface area (Å²) in [7, 11) is 1.78. The third-order valence-corrected chi connectivity index (χ3v) is 6.40. The zero-order valence-corrected chi connectivity index (χ0v) is 17.0. The quantitative estimate of drug-likeness (QED) is 0.686. The van der Waals surface area contributed by atoms with Gasteiger partial charge in [-0.1, -0.05) is 0 Å². The number of amides is 1. The number of hydrogen-bond acceptors (Lipinski definition) is 5. The topological polar surface area (TPSA) is 96.7 Å². The molecule has 0 radical (unpaired) electrons. The first-order chi connectivity index (χ1) is 14.1. The van der Waals surface area contributed by atoms with Crippen LogP contribution in [-0.2, 0) is 16.6 Å². The van der Waals surface area contributed by atoms with Crippen LogP contribution in [0.4, 0.5) is 13.2 Å². The number of carboxylic acid groups (broad SMARTS) is 1. The van der Waals surface area contributed by atoms with Crippen LogP contribution in [-0.4, -0.2) is 76.0 Å². The zero-order chi connectivity index (χ0) is 22.1. The van der Waals surface area contributed by atoms with E-state index in [-0.39, 0.29) is 42.5 Å². The van der Waals surface area contributed by atoms with Crippen LogP contribution in [0.1, 0.15) is 35.4 Å². The summed E-state index contributed by atoms with van der Waals surface area (Å²) in [6, 6.07) is 0. The summed E-state index contributed by atoms with van der Waals surface area (Å²) in [5.41, 5.74) is 0.885. The second-order valence-corrected chi connectivity index (χ2v) is 8.24. The van der Waals surface area contributed by atoms with Gasteiger partial charge in [-0.05, 0) is 19.8 Å². The fourth-order valence-corrected chi connectivity index (χ4v) is 5.18. The Bertz CT molecular complexity index is 765. The Morgan fingerprint density at radius 2 is 2.20 bits per heavy atom. The third kappa shape index (κ3) is 4.46. The molecule has 3 aliphatic rings. The number of carbonyl (C=O) groups excluding carboxylic acids is 1. The molecule has 1 aromatic heterocycles. The van der Waals surface area contributed by atoms with Crippen LogP contribution in [0.25, 0.3) is 0 Å². The van der Waals surface area contributed by atoms with Gasteiger partial charge in [0.05, 0.1) is 30.1 Å². The first-order valence-corrected chi connectivity index (χ1v) is 9.91. The Morgan fingerprint density at radius 3 is 2.80 bits per heavy atom. The van der Waals surface area contributed by atoms with E-state index in [0.29, 0.717) is 31.0 Å². The van der Waals surface area contributed by atoms with E-state index in [0.717, 1.165) is 12.8 Å². The number of aryl methyl sites for hydroxylation is 2. The van der Waals surface area contributed by atoms with E-state index in [1.165, 1.54) is 0 Å². The van der Waals surface area contributed by atoms with Gasteiger partial charge in [0.2, 0.25) is 0 Å². The van der Waals surface area contributed by atoms with E-state index in [4.69, 9.17) is 14.6 Å². The van der Waals surface area contributed by atoms with Crippen LogP contribution in [0.5, 0.6) is 0 Å². The van der Waals surface area contributed by atoms with Gasteiger partial charge in [-0.15, -0.1) is 0 Å². The highest BCUT2D eigenvalue weighted by Crippen LogP contribution is 2.54. The highest BCUT2D eigenvalue weighted by atomic mass is 19.4. The Labute approximate surface area is 172 Å². The number of fused-ring (bicyclic) bond motifs is 1. The fourth-order valence-electron chi connectivity index (χ4n) is 5.18. The van der Waals surface area contributed by atoms with E-state index >= 15 is 0 Å². The van der Waals surface area contributed by atoms with Gasteiger partial charge in [0, 0.05) is 45.1 Å². The monoisotopic (exact) mass is 432 g/mol. The highest BCUT2D eigenvalue weighted by Gasteiger charge is 2.62. The van der Waals surface area contributed by atoms with Crippen molar-refractivity contribution in [3.8, 4) is 0 Å². The largest absolute Gasteiger partial charge is 0.483 e. The number of alkyl halides is 3. The predicted octanol–water partition coefficient (Wildman–Crippen LogP) is 1.59. The highest BCUT2D eigenvalue weighted by molar-refractivity contribution is 5.93. The number of carbonyl (C=O) groups is 2. The molecule has 30 heavy (non-hydrogen) atoms. The number of nitrogens with zero attached hydrogens (tertiary/aromatic N) is 3. The van der Waals surface area contributed by atoms with Crippen molar-refractivity contribution in [2.45, 2.75) is 44.1 Å². The molecule has 0 aromatic carbocycles. The second-order valence-electron chi connectivity index (χ2n) is 8.24. The van der Waals surface area contributed by atoms with E-state index in [9.17, 15) is 18.0 Å². The number of ether oxygens (including phenoxy) is 1. The van der Waals surface area contributed by atoms with Crippen molar-refractivity contribution in [3.05, 3.63) is 17.7 Å². The molecule has 4 heterocycles. The van der Waals surface area contributed by atoms with Crippen molar-refractivity contribution in [2.75, 3.05) is 26.2 Å². The van der Waals surface area contributed by atoms with Gasteiger partial charge in [0.1, 0.15) is 5.69 Å². The summed E-state index contributed by atoms with van der Waals surface area (Å²) in [6.07, 6.45) is -1.42. The first-order valence-electron chi connectivity index (χ1n) is 9.91. The van der Waals surface area contributed by atoms with Crippen LogP contribution in [0.2, 0.25) is 0 Å². The van der Waals surface area contributed by atoms with Crippen molar-refractivity contribution in [3.63, 3.8) is 0 Å². The molecule has 8 nitrogen and oxygen atoms in total. The van der Waals surface area contributed by atoms with E-state index in [1.807, 2.05) is 4.90 Å². The number of rotatable bonds is 5. The summed E-state index contributed by atoms with van der Waals surface area (Å²) in [6.45, 7) is 3.21. The lowest BCUT2D eigenvalue weighted by molar-refractivity contribution is -0.138. The lowest BCUT2D eigenvalue weighted by Crippen LogP contribution is -2.42. The molecule has 3 aliphatic heterocycles. The first kappa shape index (κ1) is 22.5. The minimum atomic E-state index is -4.14.